The number of aryl methyl sites for hydroxylation is 2. The topological polar surface area (TPSA) is 70.6 Å². The lowest BCUT2D eigenvalue weighted by Crippen LogP contribution is -2.36. The fraction of sp³-hybridized carbons (Fsp3) is 0.391. The quantitative estimate of drug-likeness (QED) is 0.483. The number of carbonyl (C=O) groups excluding carboxylic acids is 1. The molecule has 2 aromatic carbocycles. The smallest absolute Gasteiger partial charge is 0.228 e. The van der Waals surface area contributed by atoms with Gasteiger partial charge in [0.15, 0.2) is 15.0 Å². The van der Waals surface area contributed by atoms with Gasteiger partial charge in [-0.15, -0.1) is 0 Å². The van der Waals surface area contributed by atoms with E-state index in [1.165, 1.54) is 11.3 Å². The summed E-state index contributed by atoms with van der Waals surface area (Å²) in [6.07, 6.45) is 0.435. The van der Waals surface area contributed by atoms with Crippen LogP contribution >= 0.6 is 11.3 Å². The summed E-state index contributed by atoms with van der Waals surface area (Å²) in [5.41, 5.74) is 3.14. The van der Waals surface area contributed by atoms with Crippen LogP contribution in [0.25, 0.3) is 10.2 Å². The number of anilines is 1. The molecule has 0 aliphatic heterocycles. The first kappa shape index (κ1) is 23.4. The van der Waals surface area contributed by atoms with Crippen molar-refractivity contribution in [3.05, 3.63) is 53.6 Å². The second-order valence-electron chi connectivity index (χ2n) is 7.96. The zero-order chi connectivity index (χ0) is 22.6. The predicted molar refractivity (Wildman–Crippen MR) is 128 cm³/mol. The van der Waals surface area contributed by atoms with Crippen LogP contribution in [0.15, 0.2) is 47.4 Å². The van der Waals surface area contributed by atoms with E-state index in [4.69, 9.17) is 4.98 Å². The van der Waals surface area contributed by atoms with Crippen LogP contribution < -0.4 is 4.90 Å². The molecule has 0 bridgehead atoms. The van der Waals surface area contributed by atoms with Crippen molar-refractivity contribution in [3.8, 4) is 0 Å². The number of rotatable bonds is 9. The maximum absolute atomic E-state index is 13.1. The first-order chi connectivity index (χ1) is 14.7. The zero-order valence-corrected chi connectivity index (χ0v) is 20.1. The van der Waals surface area contributed by atoms with Crippen LogP contribution in [0.1, 0.15) is 24.0 Å². The molecular formula is C23H29N3O3S2. The van der Waals surface area contributed by atoms with E-state index in [-0.39, 0.29) is 24.5 Å². The zero-order valence-electron chi connectivity index (χ0n) is 18.5. The van der Waals surface area contributed by atoms with Gasteiger partial charge in [-0.2, -0.15) is 0 Å². The Balaban J connectivity index is 1.77. The van der Waals surface area contributed by atoms with Gasteiger partial charge in [0, 0.05) is 19.5 Å². The second-order valence-corrected chi connectivity index (χ2v) is 11.0. The number of aromatic nitrogens is 1. The summed E-state index contributed by atoms with van der Waals surface area (Å²) in [7, 11) is 0.524. The van der Waals surface area contributed by atoms with E-state index in [2.05, 4.69) is 6.07 Å². The molecule has 0 saturated heterocycles. The van der Waals surface area contributed by atoms with E-state index in [0.717, 1.165) is 21.3 Å². The summed E-state index contributed by atoms with van der Waals surface area (Å²) in [6, 6.07) is 12.5. The third-order valence-corrected chi connectivity index (χ3v) is 8.17. The van der Waals surface area contributed by atoms with Crippen molar-refractivity contribution in [1.29, 1.82) is 0 Å². The van der Waals surface area contributed by atoms with Gasteiger partial charge in [-0.05, 0) is 57.6 Å². The molecule has 6 nitrogen and oxygen atoms in total. The molecule has 0 aliphatic rings. The van der Waals surface area contributed by atoms with Crippen LogP contribution in [-0.2, 0) is 14.6 Å². The van der Waals surface area contributed by atoms with E-state index in [9.17, 15) is 13.2 Å². The van der Waals surface area contributed by atoms with Crippen molar-refractivity contribution in [2.24, 2.45) is 0 Å². The Morgan fingerprint density at radius 1 is 1.00 bits per heavy atom. The summed E-state index contributed by atoms with van der Waals surface area (Å²) in [5, 5.41) is 0.671. The highest BCUT2D eigenvalue weighted by Gasteiger charge is 2.22. The largest absolute Gasteiger partial charge is 0.308 e. The van der Waals surface area contributed by atoms with Gasteiger partial charge in [0.05, 0.1) is 20.9 Å². The summed E-state index contributed by atoms with van der Waals surface area (Å²) in [5.74, 6) is -0.151. The van der Waals surface area contributed by atoms with Gasteiger partial charge >= 0.3 is 0 Å². The Morgan fingerprint density at radius 3 is 2.32 bits per heavy atom. The Bertz CT molecular complexity index is 1120. The van der Waals surface area contributed by atoms with Crippen molar-refractivity contribution in [2.45, 2.75) is 31.6 Å². The summed E-state index contributed by atoms with van der Waals surface area (Å²) < 4.78 is 26.1. The summed E-state index contributed by atoms with van der Waals surface area (Å²) in [6.45, 7) is 5.27. The fourth-order valence-electron chi connectivity index (χ4n) is 3.28. The standard InChI is InChI=1S/C23H29N3O3S2/c1-17-12-13-18(2)22-21(17)24-23(30-22)26(15-14-25(3)4)20(27)11-8-16-31(28,29)19-9-6-5-7-10-19/h5-7,9-10,12-13H,8,11,14-16H2,1-4H3. The molecule has 0 N–H and O–H groups in total. The van der Waals surface area contributed by atoms with Crippen molar-refractivity contribution in [2.75, 3.05) is 37.8 Å². The van der Waals surface area contributed by atoms with Gasteiger partial charge in [0.25, 0.3) is 0 Å². The third kappa shape index (κ3) is 5.70. The fourth-order valence-corrected chi connectivity index (χ4v) is 5.77. The van der Waals surface area contributed by atoms with E-state index in [0.29, 0.717) is 23.1 Å². The minimum atomic E-state index is -3.40. The van der Waals surface area contributed by atoms with E-state index >= 15 is 0 Å². The highest BCUT2D eigenvalue weighted by molar-refractivity contribution is 7.91. The highest BCUT2D eigenvalue weighted by atomic mass is 32.2. The van der Waals surface area contributed by atoms with E-state index < -0.39 is 9.84 Å². The maximum Gasteiger partial charge on any atom is 0.228 e. The second kappa shape index (κ2) is 9.89. The molecule has 166 valence electrons. The number of thiazole rings is 1. The average Bonchev–Trinajstić information content (AvgIpc) is 3.18. The number of benzene rings is 2. The average molecular weight is 460 g/mol. The molecule has 0 saturated carbocycles. The molecule has 1 amide bonds. The first-order valence-electron chi connectivity index (χ1n) is 10.3. The molecule has 0 aliphatic carbocycles. The van der Waals surface area contributed by atoms with Gasteiger partial charge < -0.3 is 4.90 Å². The minimum Gasteiger partial charge on any atom is -0.308 e. The van der Waals surface area contributed by atoms with Crippen molar-refractivity contribution >= 4 is 42.4 Å². The lowest BCUT2D eigenvalue weighted by Gasteiger charge is -2.22. The Labute approximate surface area is 188 Å². The van der Waals surface area contributed by atoms with Crippen molar-refractivity contribution in [1.82, 2.24) is 9.88 Å². The van der Waals surface area contributed by atoms with Crippen LogP contribution in [0.4, 0.5) is 5.13 Å². The SMILES string of the molecule is Cc1ccc(C)c2sc(N(CCN(C)C)C(=O)CCCS(=O)(=O)c3ccccc3)nc12. The minimum absolute atomic E-state index is 0.0532. The highest BCUT2D eigenvalue weighted by Crippen LogP contribution is 2.33. The summed E-state index contributed by atoms with van der Waals surface area (Å²) in [4.78, 5) is 21.9. The van der Waals surface area contributed by atoms with Gasteiger partial charge in [-0.1, -0.05) is 41.7 Å². The number of likely N-dealkylation sites (N-methyl/N-ethyl adjacent to an activating group) is 1. The summed E-state index contributed by atoms with van der Waals surface area (Å²) >= 11 is 1.52. The van der Waals surface area contributed by atoms with Gasteiger partial charge in [-0.25, -0.2) is 13.4 Å². The third-order valence-electron chi connectivity index (χ3n) is 5.14. The number of fused-ring (bicyclic) bond motifs is 1. The number of amides is 1. The van der Waals surface area contributed by atoms with Gasteiger partial charge in [0.1, 0.15) is 0 Å². The van der Waals surface area contributed by atoms with Crippen LogP contribution in [0.3, 0.4) is 0 Å². The Morgan fingerprint density at radius 2 is 1.68 bits per heavy atom. The molecule has 3 aromatic rings. The maximum atomic E-state index is 13.1. The van der Waals surface area contributed by atoms with Crippen molar-refractivity contribution in [3.63, 3.8) is 0 Å². The molecule has 0 fully saturated rings. The molecule has 1 heterocycles. The molecule has 0 radical (unpaired) electrons. The molecule has 31 heavy (non-hydrogen) atoms. The molecule has 0 unspecified atom stereocenters. The van der Waals surface area contributed by atoms with Crippen molar-refractivity contribution < 1.29 is 13.2 Å². The van der Waals surface area contributed by atoms with Gasteiger partial charge in [-0.3, -0.25) is 9.69 Å². The van der Waals surface area contributed by atoms with E-state index in [1.807, 2.05) is 38.9 Å². The lowest BCUT2D eigenvalue weighted by atomic mass is 10.1. The molecule has 3 rings (SSSR count). The predicted octanol–water partition coefficient (Wildman–Crippen LogP) is 4.06. The monoisotopic (exact) mass is 459 g/mol. The molecule has 8 heteroatoms. The lowest BCUT2D eigenvalue weighted by molar-refractivity contribution is -0.118. The van der Waals surface area contributed by atoms with Crippen LogP contribution in [0, 0.1) is 13.8 Å². The Kier molecular flexibility index (Phi) is 7.46. The number of sulfone groups is 1. The Hall–Kier alpha value is -2.29. The van der Waals surface area contributed by atoms with Crippen LogP contribution in [0.2, 0.25) is 0 Å². The van der Waals surface area contributed by atoms with E-state index in [1.54, 1.807) is 35.2 Å². The number of carbonyl (C=O) groups is 1. The number of hydrogen-bond acceptors (Lipinski definition) is 6. The molecule has 0 atom stereocenters. The molecular weight excluding hydrogens is 430 g/mol. The number of nitrogens with zero attached hydrogens (tertiary/aromatic N) is 3. The molecule has 0 spiro atoms. The normalized spacial score (nSPS) is 11.9. The van der Waals surface area contributed by atoms with Crippen LogP contribution in [-0.4, -0.2) is 57.1 Å². The first-order valence-corrected chi connectivity index (χ1v) is 12.8. The number of hydrogen-bond donors (Lipinski definition) is 0. The van der Waals surface area contributed by atoms with Gasteiger partial charge in [0.2, 0.25) is 5.91 Å². The van der Waals surface area contributed by atoms with Crippen LogP contribution in [0.5, 0.6) is 0 Å². The molecule has 1 aromatic heterocycles.